The molecular weight excluding hydrogens is 378 g/mol. The summed E-state index contributed by atoms with van der Waals surface area (Å²) in [6, 6.07) is 7.92. The number of nitrogens with one attached hydrogen (secondary N) is 2. The van der Waals surface area contributed by atoms with E-state index in [1.165, 1.54) is 11.0 Å². The van der Waals surface area contributed by atoms with E-state index < -0.39 is 6.09 Å². The Morgan fingerprint density at radius 1 is 1.29 bits per heavy atom. The van der Waals surface area contributed by atoms with E-state index in [4.69, 9.17) is 4.74 Å². The standard InChI is InChI=1S/C15H18BrN5O3/c1-2-24-15(23)19-13-9-18-21(20-13)10-14(22)17-8-7-11-3-5-12(16)6-4-11/h3-6,9H,2,7-8,10H2,1H3,(H,17,22)(H,19,20,23). The Morgan fingerprint density at radius 2 is 2.04 bits per heavy atom. The molecule has 24 heavy (non-hydrogen) atoms. The number of halogens is 1. The van der Waals surface area contributed by atoms with Gasteiger partial charge in [-0.05, 0) is 31.0 Å². The van der Waals surface area contributed by atoms with Gasteiger partial charge in [0.25, 0.3) is 0 Å². The van der Waals surface area contributed by atoms with Crippen LogP contribution in [0.2, 0.25) is 0 Å². The van der Waals surface area contributed by atoms with Crippen LogP contribution in [-0.4, -0.2) is 40.1 Å². The van der Waals surface area contributed by atoms with Crippen molar-refractivity contribution in [1.29, 1.82) is 0 Å². The fourth-order valence-electron chi connectivity index (χ4n) is 1.88. The molecule has 1 aromatic heterocycles. The molecule has 0 bridgehead atoms. The van der Waals surface area contributed by atoms with Gasteiger partial charge in [-0.1, -0.05) is 28.1 Å². The van der Waals surface area contributed by atoms with Crippen LogP contribution < -0.4 is 10.6 Å². The number of benzene rings is 1. The summed E-state index contributed by atoms with van der Waals surface area (Å²) in [6.45, 7) is 2.47. The minimum absolute atomic E-state index is 0.0230. The highest BCUT2D eigenvalue weighted by Gasteiger charge is 2.08. The maximum absolute atomic E-state index is 11.9. The van der Waals surface area contributed by atoms with Gasteiger partial charge in [0.1, 0.15) is 6.54 Å². The molecule has 0 unspecified atom stereocenters. The van der Waals surface area contributed by atoms with Crippen molar-refractivity contribution < 1.29 is 14.3 Å². The van der Waals surface area contributed by atoms with Crippen LogP contribution in [0.4, 0.5) is 10.6 Å². The number of ether oxygens (including phenoxy) is 1. The molecule has 0 radical (unpaired) electrons. The lowest BCUT2D eigenvalue weighted by Crippen LogP contribution is -2.30. The van der Waals surface area contributed by atoms with E-state index in [0.717, 1.165) is 16.5 Å². The average molecular weight is 396 g/mol. The third-order valence-corrected chi connectivity index (χ3v) is 3.50. The summed E-state index contributed by atoms with van der Waals surface area (Å²) in [5.74, 6) is 0.0292. The number of hydrogen-bond donors (Lipinski definition) is 2. The molecule has 0 atom stereocenters. The third-order valence-electron chi connectivity index (χ3n) is 2.98. The van der Waals surface area contributed by atoms with Gasteiger partial charge in [0.15, 0.2) is 5.82 Å². The highest BCUT2D eigenvalue weighted by molar-refractivity contribution is 9.10. The van der Waals surface area contributed by atoms with E-state index in [-0.39, 0.29) is 24.9 Å². The summed E-state index contributed by atoms with van der Waals surface area (Å²) in [7, 11) is 0. The molecule has 8 nitrogen and oxygen atoms in total. The summed E-state index contributed by atoms with van der Waals surface area (Å²) in [4.78, 5) is 24.3. The van der Waals surface area contributed by atoms with E-state index in [9.17, 15) is 9.59 Å². The largest absolute Gasteiger partial charge is 0.450 e. The third kappa shape index (κ3) is 5.99. The van der Waals surface area contributed by atoms with Gasteiger partial charge in [-0.25, -0.2) is 4.79 Å². The summed E-state index contributed by atoms with van der Waals surface area (Å²) in [6.07, 6.45) is 1.48. The number of hydrogen-bond acceptors (Lipinski definition) is 5. The second-order valence-corrected chi connectivity index (χ2v) is 5.75. The number of nitrogens with zero attached hydrogens (tertiary/aromatic N) is 3. The Labute approximate surface area is 147 Å². The van der Waals surface area contributed by atoms with Crippen molar-refractivity contribution in [3.8, 4) is 0 Å². The molecule has 0 aliphatic heterocycles. The topological polar surface area (TPSA) is 98.1 Å². The molecular formula is C15H18BrN5O3. The predicted molar refractivity (Wildman–Crippen MR) is 91.5 cm³/mol. The average Bonchev–Trinajstić information content (AvgIpc) is 2.96. The summed E-state index contributed by atoms with van der Waals surface area (Å²) < 4.78 is 5.75. The molecule has 0 fully saturated rings. The summed E-state index contributed by atoms with van der Waals surface area (Å²) in [5, 5.41) is 13.1. The van der Waals surface area contributed by atoms with Crippen LogP contribution in [0, 0.1) is 0 Å². The van der Waals surface area contributed by atoms with Crippen molar-refractivity contribution in [2.24, 2.45) is 0 Å². The molecule has 0 aliphatic rings. The quantitative estimate of drug-likeness (QED) is 0.746. The lowest BCUT2D eigenvalue weighted by molar-refractivity contribution is -0.122. The molecule has 0 spiro atoms. The van der Waals surface area contributed by atoms with Crippen molar-refractivity contribution in [1.82, 2.24) is 20.3 Å². The zero-order valence-corrected chi connectivity index (χ0v) is 14.7. The van der Waals surface area contributed by atoms with E-state index >= 15 is 0 Å². The molecule has 2 amide bonds. The SMILES string of the molecule is CCOC(=O)Nc1cnn(CC(=O)NCCc2ccc(Br)cc2)n1. The molecule has 9 heteroatoms. The van der Waals surface area contributed by atoms with Gasteiger partial charge in [0.05, 0.1) is 12.8 Å². The summed E-state index contributed by atoms with van der Waals surface area (Å²) in [5.41, 5.74) is 1.14. The van der Waals surface area contributed by atoms with Crippen LogP contribution in [0.1, 0.15) is 12.5 Å². The van der Waals surface area contributed by atoms with Crippen LogP contribution in [0.25, 0.3) is 0 Å². The fourth-order valence-corrected chi connectivity index (χ4v) is 2.15. The van der Waals surface area contributed by atoms with Crippen molar-refractivity contribution in [2.75, 3.05) is 18.5 Å². The van der Waals surface area contributed by atoms with Gasteiger partial charge in [0.2, 0.25) is 5.91 Å². The Morgan fingerprint density at radius 3 is 2.75 bits per heavy atom. The molecule has 0 saturated carbocycles. The zero-order chi connectivity index (χ0) is 17.4. The maximum atomic E-state index is 11.9. The van der Waals surface area contributed by atoms with E-state index in [2.05, 4.69) is 36.8 Å². The van der Waals surface area contributed by atoms with E-state index in [0.29, 0.717) is 6.54 Å². The second-order valence-electron chi connectivity index (χ2n) is 4.83. The van der Waals surface area contributed by atoms with Crippen LogP contribution in [0.15, 0.2) is 34.9 Å². The van der Waals surface area contributed by atoms with Gasteiger partial charge in [-0.15, -0.1) is 5.10 Å². The first-order valence-corrected chi connectivity index (χ1v) is 8.21. The molecule has 0 aliphatic carbocycles. The molecule has 1 heterocycles. The number of aromatic nitrogens is 3. The van der Waals surface area contributed by atoms with Crippen LogP contribution in [0.3, 0.4) is 0 Å². The Hall–Kier alpha value is -2.42. The molecule has 1 aromatic carbocycles. The highest BCUT2D eigenvalue weighted by Crippen LogP contribution is 2.10. The fraction of sp³-hybridized carbons (Fsp3) is 0.333. The van der Waals surface area contributed by atoms with Gasteiger partial charge < -0.3 is 10.1 Å². The zero-order valence-electron chi connectivity index (χ0n) is 13.2. The number of anilines is 1. The Bertz CT molecular complexity index is 687. The Kier molecular flexibility index (Phi) is 6.74. The second kappa shape index (κ2) is 9.02. The number of rotatable bonds is 7. The van der Waals surface area contributed by atoms with Crippen molar-refractivity contribution in [3.63, 3.8) is 0 Å². The van der Waals surface area contributed by atoms with Crippen LogP contribution in [-0.2, 0) is 22.5 Å². The summed E-state index contributed by atoms with van der Waals surface area (Å²) >= 11 is 3.38. The number of carbonyl (C=O) groups excluding carboxylic acids is 2. The minimum Gasteiger partial charge on any atom is -0.450 e. The van der Waals surface area contributed by atoms with Crippen molar-refractivity contribution in [3.05, 3.63) is 40.5 Å². The van der Waals surface area contributed by atoms with E-state index in [1.807, 2.05) is 24.3 Å². The smallest absolute Gasteiger partial charge is 0.412 e. The lowest BCUT2D eigenvalue weighted by Gasteiger charge is -2.05. The monoisotopic (exact) mass is 395 g/mol. The number of amides is 2. The van der Waals surface area contributed by atoms with Gasteiger partial charge >= 0.3 is 6.09 Å². The predicted octanol–water partition coefficient (Wildman–Crippen LogP) is 1.97. The van der Waals surface area contributed by atoms with Crippen molar-refractivity contribution in [2.45, 2.75) is 19.9 Å². The highest BCUT2D eigenvalue weighted by atomic mass is 79.9. The number of carbonyl (C=O) groups is 2. The first kappa shape index (κ1) is 17.9. The van der Waals surface area contributed by atoms with Gasteiger partial charge in [-0.3, -0.25) is 10.1 Å². The molecule has 128 valence electrons. The molecule has 2 rings (SSSR count). The Balaban J connectivity index is 1.73. The molecule has 0 saturated heterocycles. The minimum atomic E-state index is -0.608. The van der Waals surface area contributed by atoms with Crippen molar-refractivity contribution >= 4 is 33.7 Å². The van der Waals surface area contributed by atoms with E-state index in [1.54, 1.807) is 6.92 Å². The van der Waals surface area contributed by atoms with Gasteiger partial charge in [0, 0.05) is 11.0 Å². The lowest BCUT2D eigenvalue weighted by atomic mass is 10.1. The van der Waals surface area contributed by atoms with Crippen LogP contribution >= 0.6 is 15.9 Å². The maximum Gasteiger partial charge on any atom is 0.412 e. The molecule has 2 N–H and O–H groups in total. The molecule has 2 aromatic rings. The first-order valence-electron chi connectivity index (χ1n) is 7.42. The first-order chi connectivity index (χ1) is 11.6. The van der Waals surface area contributed by atoms with Gasteiger partial charge in [-0.2, -0.15) is 9.90 Å². The normalized spacial score (nSPS) is 10.2. The van der Waals surface area contributed by atoms with Crippen LogP contribution in [0.5, 0.6) is 0 Å².